The number of allylic oxidation sites excluding steroid dienone is 4. The van der Waals surface area contributed by atoms with Crippen LogP contribution in [-0.2, 0) is 19.1 Å². The Morgan fingerprint density at radius 1 is 0.446 bits per heavy atom. The van der Waals surface area contributed by atoms with Gasteiger partial charge in [0.15, 0.2) is 12.2 Å². The van der Waals surface area contributed by atoms with E-state index in [1.54, 1.807) is 0 Å². The maximum atomic E-state index is 13.3. The number of carbonyl (C=O) groups excluding carboxylic acids is 2. The molecule has 0 aromatic heterocycles. The fraction of sp³-hybridized carbons (Fsp3) is 0.875. The van der Waals surface area contributed by atoms with E-state index in [1.807, 2.05) is 28.2 Å². The minimum absolute atomic E-state index is 0.00852. The molecule has 56 heavy (non-hydrogen) atoms. The third-order valence-corrected chi connectivity index (χ3v) is 11.0. The highest BCUT2D eigenvalue weighted by molar-refractivity contribution is 5.70. The number of hydrogen-bond acceptors (Lipinski definition) is 6. The van der Waals surface area contributed by atoms with E-state index in [0.29, 0.717) is 48.0 Å². The Morgan fingerprint density at radius 2 is 0.714 bits per heavy atom. The summed E-state index contributed by atoms with van der Waals surface area (Å²) in [5.74, 6) is -0.523. The molecule has 2 unspecified atom stereocenters. The summed E-state index contributed by atoms with van der Waals surface area (Å²) in [7, 11) is 8.00. The lowest BCUT2D eigenvalue weighted by Crippen LogP contribution is -2.57. The number of aliphatic hydroxyl groups is 2. The summed E-state index contributed by atoms with van der Waals surface area (Å²) < 4.78 is 13.2. The predicted molar refractivity (Wildman–Crippen MR) is 237 cm³/mol. The molecule has 0 saturated heterocycles. The minimum Gasteiger partial charge on any atom is -0.452 e. The zero-order valence-corrected chi connectivity index (χ0v) is 37.9. The Hall–Kier alpha value is -1.74. The molecule has 0 aliphatic carbocycles. The van der Waals surface area contributed by atoms with Gasteiger partial charge in [-0.15, -0.1) is 0 Å². The lowest BCUT2D eigenvalue weighted by atomic mass is 10.1. The topological polar surface area (TPSA) is 93.1 Å². The summed E-state index contributed by atoms with van der Waals surface area (Å²) in [4.78, 5) is 26.5. The summed E-state index contributed by atoms with van der Waals surface area (Å²) in [5.41, 5.74) is 0. The van der Waals surface area contributed by atoms with E-state index in [4.69, 9.17) is 9.47 Å². The van der Waals surface area contributed by atoms with Gasteiger partial charge in [0.1, 0.15) is 26.2 Å². The first kappa shape index (κ1) is 54.3. The van der Waals surface area contributed by atoms with Crippen LogP contribution in [-0.4, -0.2) is 111 Å². The van der Waals surface area contributed by atoms with Crippen LogP contribution in [0.1, 0.15) is 194 Å². The third-order valence-electron chi connectivity index (χ3n) is 11.0. The van der Waals surface area contributed by atoms with Gasteiger partial charge in [0.2, 0.25) is 0 Å². The Balaban J connectivity index is 4.87. The molecule has 0 fully saturated rings. The van der Waals surface area contributed by atoms with E-state index in [1.165, 1.54) is 116 Å². The molecule has 0 aliphatic heterocycles. The van der Waals surface area contributed by atoms with Crippen molar-refractivity contribution in [3.63, 3.8) is 0 Å². The van der Waals surface area contributed by atoms with Crippen LogP contribution in [0.5, 0.6) is 0 Å². The fourth-order valence-corrected chi connectivity index (χ4v) is 7.30. The fourth-order valence-electron chi connectivity index (χ4n) is 7.30. The third kappa shape index (κ3) is 35.4. The molecule has 0 radical (unpaired) electrons. The number of nitrogens with zero attached hydrogens (tertiary/aromatic N) is 2. The monoisotopic (exact) mass is 795 g/mol. The molecule has 0 aromatic rings. The number of unbranched alkanes of at least 4 members (excludes halogenated alkanes) is 22. The summed E-state index contributed by atoms with van der Waals surface area (Å²) in [6.07, 6.45) is 39.9. The van der Waals surface area contributed by atoms with Crippen LogP contribution in [0.4, 0.5) is 0 Å². The van der Waals surface area contributed by atoms with Gasteiger partial charge >= 0.3 is 11.9 Å². The number of likely N-dealkylation sites (N-methyl/N-ethyl adjacent to an activating group) is 2. The van der Waals surface area contributed by atoms with Gasteiger partial charge in [-0.2, -0.15) is 0 Å². The van der Waals surface area contributed by atoms with Gasteiger partial charge in [-0.1, -0.05) is 141 Å². The normalized spacial score (nSPS) is 13.5. The zero-order valence-electron chi connectivity index (χ0n) is 37.9. The van der Waals surface area contributed by atoms with Crippen LogP contribution in [0.3, 0.4) is 0 Å². The molecule has 0 heterocycles. The Kier molecular flexibility index (Phi) is 36.4. The number of esters is 2. The molecule has 0 aromatic carbocycles. The van der Waals surface area contributed by atoms with Crippen molar-refractivity contribution in [2.45, 2.75) is 206 Å². The van der Waals surface area contributed by atoms with Gasteiger partial charge in [0.05, 0.1) is 41.4 Å². The molecule has 8 nitrogen and oxygen atoms in total. The van der Waals surface area contributed by atoms with Crippen LogP contribution in [0, 0.1) is 0 Å². The largest absolute Gasteiger partial charge is 0.452 e. The second-order valence-corrected chi connectivity index (χ2v) is 17.9. The molecule has 2 N–H and O–H groups in total. The molecule has 0 aliphatic rings. The highest BCUT2D eigenvalue weighted by Crippen LogP contribution is 2.19. The van der Waals surface area contributed by atoms with E-state index < -0.39 is 12.2 Å². The maximum Gasteiger partial charge on any atom is 0.306 e. The first-order valence-corrected chi connectivity index (χ1v) is 23.5. The van der Waals surface area contributed by atoms with Gasteiger partial charge in [-0.3, -0.25) is 9.59 Å². The van der Waals surface area contributed by atoms with E-state index in [9.17, 15) is 19.8 Å². The number of ether oxygens (including phenoxy) is 2. The first-order valence-electron chi connectivity index (χ1n) is 23.5. The molecular formula is C48H94N2O6+2. The van der Waals surface area contributed by atoms with Crippen LogP contribution in [0.2, 0.25) is 0 Å². The molecular weight excluding hydrogens is 701 g/mol. The van der Waals surface area contributed by atoms with Crippen LogP contribution in [0.25, 0.3) is 0 Å². The quantitative estimate of drug-likeness (QED) is 0.0277. The second kappa shape index (κ2) is 37.5. The number of quaternary nitrogens is 2. The maximum absolute atomic E-state index is 13.3. The van der Waals surface area contributed by atoms with Crippen molar-refractivity contribution in [3.8, 4) is 0 Å². The Bertz CT molecular complexity index is 889. The molecule has 330 valence electrons. The molecule has 0 rings (SSSR count). The van der Waals surface area contributed by atoms with Gasteiger partial charge in [0.25, 0.3) is 0 Å². The van der Waals surface area contributed by atoms with Crippen molar-refractivity contribution in [1.82, 2.24) is 0 Å². The van der Waals surface area contributed by atoms with Crippen molar-refractivity contribution in [3.05, 3.63) is 24.3 Å². The van der Waals surface area contributed by atoms with E-state index in [2.05, 4.69) is 38.2 Å². The Labute approximate surface area is 347 Å². The van der Waals surface area contributed by atoms with E-state index >= 15 is 0 Å². The van der Waals surface area contributed by atoms with E-state index in [0.717, 1.165) is 51.4 Å². The predicted octanol–water partition coefficient (Wildman–Crippen LogP) is 11.0. The molecule has 8 heteroatoms. The molecule has 2 atom stereocenters. The Morgan fingerprint density at radius 3 is 1.00 bits per heavy atom. The van der Waals surface area contributed by atoms with Crippen LogP contribution < -0.4 is 0 Å². The average molecular weight is 795 g/mol. The van der Waals surface area contributed by atoms with E-state index in [-0.39, 0.29) is 25.2 Å². The molecule has 0 amide bonds. The minimum atomic E-state index is -0.652. The lowest BCUT2D eigenvalue weighted by molar-refractivity contribution is -0.901. The van der Waals surface area contributed by atoms with Crippen LogP contribution >= 0.6 is 0 Å². The zero-order chi connectivity index (χ0) is 41.6. The highest BCUT2D eigenvalue weighted by Gasteiger charge is 2.38. The standard InChI is InChI=1S/C48H94N2O6/c1-7-9-11-13-15-17-19-21-23-25-27-29-31-33-35-37-47(53)55-45(43-49(3,4)39-41-51)46(44-50(5,6)40-42-52)56-48(54)38-36-34-32-30-28-26-24-22-20-18-16-14-12-10-8-2/h21-24,45-46,51-52H,7-20,25-44H2,1-6H3/q+2/b23-21-,24-22-. The lowest BCUT2D eigenvalue weighted by Gasteiger charge is -2.38. The highest BCUT2D eigenvalue weighted by atomic mass is 16.6. The molecule has 0 saturated carbocycles. The first-order chi connectivity index (χ1) is 27.0. The van der Waals surface area contributed by atoms with Crippen molar-refractivity contribution >= 4 is 11.9 Å². The number of carbonyl (C=O) groups is 2. The van der Waals surface area contributed by atoms with Gasteiger partial charge in [-0.05, 0) is 64.2 Å². The van der Waals surface area contributed by atoms with Crippen LogP contribution in [0.15, 0.2) is 24.3 Å². The van der Waals surface area contributed by atoms with Gasteiger partial charge in [-0.25, -0.2) is 0 Å². The summed E-state index contributed by atoms with van der Waals surface area (Å²) >= 11 is 0. The smallest absolute Gasteiger partial charge is 0.306 e. The summed E-state index contributed by atoms with van der Waals surface area (Å²) in [6.45, 7) is 6.36. The second-order valence-electron chi connectivity index (χ2n) is 17.9. The average Bonchev–Trinajstić information content (AvgIpc) is 3.14. The SMILES string of the molecule is CCCCCCCC/C=C\CCCCCCCC(=O)OC(C[N+](C)(C)CCO)C(C[N+](C)(C)CCO)OC(=O)CCCCCCC/C=C\CCCCCCCC. The van der Waals surface area contributed by atoms with Crippen molar-refractivity contribution in [1.29, 1.82) is 0 Å². The van der Waals surface area contributed by atoms with Crippen molar-refractivity contribution in [2.24, 2.45) is 0 Å². The summed E-state index contributed by atoms with van der Waals surface area (Å²) in [5, 5.41) is 19.5. The van der Waals surface area contributed by atoms with Crippen molar-refractivity contribution < 1.29 is 38.2 Å². The molecule has 0 spiro atoms. The number of hydrogen-bond donors (Lipinski definition) is 2. The van der Waals surface area contributed by atoms with Gasteiger partial charge in [0, 0.05) is 12.8 Å². The number of rotatable bonds is 41. The molecule has 0 bridgehead atoms. The summed E-state index contributed by atoms with van der Waals surface area (Å²) in [6, 6.07) is 0. The van der Waals surface area contributed by atoms with Gasteiger partial charge < -0.3 is 28.7 Å². The number of aliphatic hydroxyl groups excluding tert-OH is 2. The van der Waals surface area contributed by atoms with Crippen molar-refractivity contribution in [2.75, 3.05) is 67.6 Å².